The summed E-state index contributed by atoms with van der Waals surface area (Å²) in [6, 6.07) is 7.46. The van der Waals surface area contributed by atoms with E-state index in [-0.39, 0.29) is 12.1 Å². The molecule has 0 heterocycles. The summed E-state index contributed by atoms with van der Waals surface area (Å²) in [6.45, 7) is 0. The van der Waals surface area contributed by atoms with E-state index >= 15 is 0 Å². The van der Waals surface area contributed by atoms with Crippen molar-refractivity contribution in [2.45, 2.75) is 37.8 Å². The molecule has 0 saturated heterocycles. The van der Waals surface area contributed by atoms with E-state index in [4.69, 9.17) is 11.0 Å². The van der Waals surface area contributed by atoms with Crippen LogP contribution in [0.25, 0.3) is 0 Å². The summed E-state index contributed by atoms with van der Waals surface area (Å²) in [5.41, 5.74) is 8.04. The number of anilines is 2. The maximum Gasteiger partial charge on any atom is 0.0992 e. The fourth-order valence-electron chi connectivity index (χ4n) is 2.64. The summed E-state index contributed by atoms with van der Waals surface area (Å²) >= 11 is 0. The van der Waals surface area contributed by atoms with Crippen LogP contribution in [0.3, 0.4) is 0 Å². The molecule has 18 heavy (non-hydrogen) atoms. The van der Waals surface area contributed by atoms with E-state index in [2.05, 4.69) is 6.07 Å². The van der Waals surface area contributed by atoms with Crippen molar-refractivity contribution in [3.63, 3.8) is 0 Å². The number of benzene rings is 1. The van der Waals surface area contributed by atoms with Crippen LogP contribution in [-0.4, -0.2) is 24.3 Å². The normalized spacial score (nSPS) is 23.4. The summed E-state index contributed by atoms with van der Waals surface area (Å²) in [5.74, 6) is 0. The Kier molecular flexibility index (Phi) is 3.73. The lowest BCUT2D eigenvalue weighted by Gasteiger charge is -2.37. The third kappa shape index (κ3) is 2.41. The Morgan fingerprint density at radius 2 is 2.11 bits per heavy atom. The molecule has 0 aliphatic heterocycles. The van der Waals surface area contributed by atoms with Gasteiger partial charge in [0.15, 0.2) is 0 Å². The van der Waals surface area contributed by atoms with Crippen LogP contribution in [-0.2, 0) is 0 Å². The highest BCUT2D eigenvalue weighted by Crippen LogP contribution is 2.30. The van der Waals surface area contributed by atoms with Gasteiger partial charge < -0.3 is 15.7 Å². The zero-order chi connectivity index (χ0) is 13.1. The lowest BCUT2D eigenvalue weighted by atomic mass is 9.91. The molecule has 96 valence electrons. The Balaban J connectivity index is 2.27. The second-order valence-corrected chi connectivity index (χ2v) is 4.92. The quantitative estimate of drug-likeness (QED) is 0.780. The fraction of sp³-hybridized carbons (Fsp3) is 0.500. The largest absolute Gasteiger partial charge is 0.397 e. The number of aliphatic hydroxyl groups excluding tert-OH is 1. The van der Waals surface area contributed by atoms with Gasteiger partial charge in [-0.05, 0) is 31.0 Å². The van der Waals surface area contributed by atoms with Crippen LogP contribution in [0.15, 0.2) is 18.2 Å². The molecule has 0 aromatic heterocycles. The predicted octanol–water partition coefficient (Wildman–Crippen LogP) is 1.88. The van der Waals surface area contributed by atoms with Crippen LogP contribution in [0.5, 0.6) is 0 Å². The van der Waals surface area contributed by atoms with Gasteiger partial charge in [-0.1, -0.05) is 12.8 Å². The summed E-state index contributed by atoms with van der Waals surface area (Å²) in [7, 11) is 1.94. The smallest absolute Gasteiger partial charge is 0.0992 e. The number of nitriles is 1. The first kappa shape index (κ1) is 12.7. The van der Waals surface area contributed by atoms with Crippen LogP contribution in [0.1, 0.15) is 31.2 Å². The van der Waals surface area contributed by atoms with Crippen LogP contribution >= 0.6 is 0 Å². The molecule has 2 unspecified atom stereocenters. The van der Waals surface area contributed by atoms with E-state index in [9.17, 15) is 5.11 Å². The number of nitrogens with zero attached hydrogens (tertiary/aromatic N) is 2. The van der Waals surface area contributed by atoms with Crippen molar-refractivity contribution < 1.29 is 5.11 Å². The summed E-state index contributed by atoms with van der Waals surface area (Å²) in [6.07, 6.45) is 3.71. The molecular weight excluding hydrogens is 226 g/mol. The minimum atomic E-state index is -0.311. The SMILES string of the molecule is CN(c1cc(C#N)ccc1N)C1CCCCC1O. The highest BCUT2D eigenvalue weighted by atomic mass is 16.3. The van der Waals surface area contributed by atoms with E-state index in [0.29, 0.717) is 11.3 Å². The van der Waals surface area contributed by atoms with Gasteiger partial charge in [-0.3, -0.25) is 0 Å². The Bertz CT molecular complexity index is 467. The minimum Gasteiger partial charge on any atom is -0.397 e. The number of nitrogens with two attached hydrogens (primary N) is 1. The molecule has 3 N–H and O–H groups in total. The molecule has 0 amide bonds. The molecule has 1 aromatic carbocycles. The molecule has 2 atom stereocenters. The first-order valence-electron chi connectivity index (χ1n) is 6.34. The van der Waals surface area contributed by atoms with Crippen molar-refractivity contribution in [2.24, 2.45) is 0 Å². The van der Waals surface area contributed by atoms with Crippen molar-refractivity contribution in [1.29, 1.82) is 5.26 Å². The van der Waals surface area contributed by atoms with Crippen LogP contribution in [0.2, 0.25) is 0 Å². The van der Waals surface area contributed by atoms with Gasteiger partial charge in [-0.25, -0.2) is 0 Å². The number of likely N-dealkylation sites (N-methyl/N-ethyl adjacent to an activating group) is 1. The zero-order valence-electron chi connectivity index (χ0n) is 10.6. The summed E-state index contributed by atoms with van der Waals surface area (Å²) in [5, 5.41) is 19.0. The molecule has 4 heteroatoms. The van der Waals surface area contributed by atoms with E-state index in [0.717, 1.165) is 31.4 Å². The average molecular weight is 245 g/mol. The molecule has 0 bridgehead atoms. The maximum atomic E-state index is 10.1. The molecule has 2 rings (SSSR count). The number of hydrogen-bond acceptors (Lipinski definition) is 4. The third-order valence-electron chi connectivity index (χ3n) is 3.73. The topological polar surface area (TPSA) is 73.3 Å². The first-order valence-corrected chi connectivity index (χ1v) is 6.34. The van der Waals surface area contributed by atoms with Crippen molar-refractivity contribution in [3.05, 3.63) is 23.8 Å². The predicted molar refractivity (Wildman–Crippen MR) is 72.2 cm³/mol. The summed E-state index contributed by atoms with van der Waals surface area (Å²) < 4.78 is 0. The highest BCUT2D eigenvalue weighted by molar-refractivity contribution is 5.69. The lowest BCUT2D eigenvalue weighted by Crippen LogP contribution is -2.43. The summed E-state index contributed by atoms with van der Waals surface area (Å²) in [4.78, 5) is 2.01. The first-order chi connectivity index (χ1) is 8.63. The van der Waals surface area contributed by atoms with Gasteiger partial charge in [0.1, 0.15) is 0 Å². The van der Waals surface area contributed by atoms with Gasteiger partial charge in [0.05, 0.1) is 35.2 Å². The Hall–Kier alpha value is -1.73. The highest BCUT2D eigenvalue weighted by Gasteiger charge is 2.27. The fourth-order valence-corrected chi connectivity index (χ4v) is 2.64. The van der Waals surface area contributed by atoms with Gasteiger partial charge in [-0.2, -0.15) is 5.26 Å². The molecule has 4 nitrogen and oxygen atoms in total. The van der Waals surface area contributed by atoms with E-state index in [1.54, 1.807) is 18.2 Å². The number of rotatable bonds is 2. The minimum absolute atomic E-state index is 0.0926. The molecule has 1 aliphatic rings. The molecular formula is C14H19N3O. The monoisotopic (exact) mass is 245 g/mol. The van der Waals surface area contributed by atoms with Crippen LogP contribution in [0.4, 0.5) is 11.4 Å². The molecule has 0 radical (unpaired) electrons. The standard InChI is InChI=1S/C14H19N3O/c1-17(12-4-2-3-5-14(12)18)13-8-10(9-15)6-7-11(13)16/h6-8,12,14,18H,2-5,16H2,1H3. The number of hydrogen-bond donors (Lipinski definition) is 2. The number of nitrogen functional groups attached to an aromatic ring is 1. The zero-order valence-corrected chi connectivity index (χ0v) is 10.6. The van der Waals surface area contributed by atoms with Gasteiger partial charge in [0, 0.05) is 7.05 Å². The van der Waals surface area contributed by atoms with E-state index in [1.165, 1.54) is 0 Å². The van der Waals surface area contributed by atoms with Crippen LogP contribution in [0, 0.1) is 11.3 Å². The van der Waals surface area contributed by atoms with Gasteiger partial charge >= 0.3 is 0 Å². The van der Waals surface area contributed by atoms with Gasteiger partial charge in [0.25, 0.3) is 0 Å². The molecule has 1 aromatic rings. The molecule has 0 spiro atoms. The third-order valence-corrected chi connectivity index (χ3v) is 3.73. The van der Waals surface area contributed by atoms with Gasteiger partial charge in [0.2, 0.25) is 0 Å². The van der Waals surface area contributed by atoms with Crippen molar-refractivity contribution in [2.75, 3.05) is 17.7 Å². The van der Waals surface area contributed by atoms with E-state index < -0.39 is 0 Å². The maximum absolute atomic E-state index is 10.1. The van der Waals surface area contributed by atoms with Crippen molar-refractivity contribution in [1.82, 2.24) is 0 Å². The number of aliphatic hydroxyl groups is 1. The lowest BCUT2D eigenvalue weighted by molar-refractivity contribution is 0.106. The van der Waals surface area contributed by atoms with E-state index in [1.807, 2.05) is 11.9 Å². The Labute approximate surface area is 108 Å². The van der Waals surface area contributed by atoms with Crippen LogP contribution < -0.4 is 10.6 Å². The average Bonchev–Trinajstić information content (AvgIpc) is 2.39. The second-order valence-electron chi connectivity index (χ2n) is 4.92. The second kappa shape index (κ2) is 5.28. The van der Waals surface area contributed by atoms with Gasteiger partial charge in [-0.15, -0.1) is 0 Å². The van der Waals surface area contributed by atoms with Crippen molar-refractivity contribution >= 4 is 11.4 Å². The Morgan fingerprint density at radius 1 is 1.39 bits per heavy atom. The molecule has 1 aliphatic carbocycles. The molecule has 1 fully saturated rings. The van der Waals surface area contributed by atoms with Crippen molar-refractivity contribution in [3.8, 4) is 6.07 Å². The Morgan fingerprint density at radius 3 is 2.78 bits per heavy atom. The molecule has 1 saturated carbocycles.